The summed E-state index contributed by atoms with van der Waals surface area (Å²) in [6, 6.07) is 9.12. The Kier molecular flexibility index (Phi) is 3.40. The number of nitro groups is 1. The van der Waals surface area contributed by atoms with Crippen LogP contribution in [0.5, 0.6) is 0 Å². The Morgan fingerprint density at radius 1 is 1.37 bits per heavy atom. The third-order valence-corrected chi connectivity index (χ3v) is 3.47. The summed E-state index contributed by atoms with van der Waals surface area (Å²) in [5.41, 5.74) is -0.814. The van der Waals surface area contributed by atoms with Crippen molar-refractivity contribution in [1.82, 2.24) is 0 Å². The van der Waals surface area contributed by atoms with Crippen molar-refractivity contribution in [3.05, 3.63) is 64.2 Å². The van der Waals surface area contributed by atoms with Crippen molar-refractivity contribution in [2.24, 2.45) is 0 Å². The van der Waals surface area contributed by atoms with Gasteiger partial charge < -0.3 is 5.11 Å². The first-order valence-electron chi connectivity index (χ1n) is 5.47. The Bertz CT molecular complexity index is 566. The van der Waals surface area contributed by atoms with E-state index in [2.05, 4.69) is 0 Å². The number of hydrogen-bond acceptors (Lipinski definition) is 3. The summed E-state index contributed by atoms with van der Waals surface area (Å²) in [7, 11) is 0. The molecule has 0 aliphatic heterocycles. The van der Waals surface area contributed by atoms with Gasteiger partial charge >= 0.3 is 11.5 Å². The fourth-order valence-electron chi connectivity index (χ4n) is 1.90. The minimum atomic E-state index is -2.31. The molecule has 5 nitrogen and oxygen atoms in total. The van der Waals surface area contributed by atoms with Crippen LogP contribution in [0, 0.1) is 10.1 Å². The van der Waals surface area contributed by atoms with Crippen LogP contribution >= 0.6 is 11.6 Å². The molecule has 0 spiro atoms. The zero-order valence-corrected chi connectivity index (χ0v) is 10.4. The Balaban J connectivity index is 2.42. The molecule has 98 valence electrons. The molecule has 1 aromatic rings. The number of carbonyl (C=O) groups is 1. The molecule has 0 aromatic heterocycles. The predicted molar refractivity (Wildman–Crippen MR) is 70.6 cm³/mol. The number of alkyl halides is 1. The van der Waals surface area contributed by atoms with Crippen molar-refractivity contribution in [2.75, 3.05) is 0 Å². The third kappa shape index (κ3) is 2.13. The molecule has 1 aromatic carbocycles. The highest BCUT2D eigenvalue weighted by atomic mass is 35.5. The number of aliphatic carboxylic acids is 1. The summed E-state index contributed by atoms with van der Waals surface area (Å²) in [5.74, 6) is -1.57. The maximum atomic E-state index is 11.2. The third-order valence-electron chi connectivity index (χ3n) is 3.02. The summed E-state index contributed by atoms with van der Waals surface area (Å²) < 4.78 is 0. The van der Waals surface area contributed by atoms with Gasteiger partial charge in [-0.05, 0) is 11.1 Å². The van der Waals surface area contributed by atoms with Gasteiger partial charge in [0, 0.05) is 11.0 Å². The van der Waals surface area contributed by atoms with Crippen molar-refractivity contribution in [3.63, 3.8) is 0 Å². The van der Waals surface area contributed by atoms with Crippen LogP contribution in [-0.4, -0.2) is 26.9 Å². The zero-order valence-electron chi connectivity index (χ0n) is 9.69. The van der Waals surface area contributed by atoms with Gasteiger partial charge in [0.15, 0.2) is 0 Å². The number of hydrogen-bond donors (Lipinski definition) is 1. The lowest BCUT2D eigenvalue weighted by molar-refractivity contribution is -0.539. The lowest BCUT2D eigenvalue weighted by Gasteiger charge is -2.24. The zero-order chi connectivity index (χ0) is 14.0. The van der Waals surface area contributed by atoms with Crippen LogP contribution in [0.1, 0.15) is 5.56 Å². The predicted octanol–water partition coefficient (Wildman–Crippen LogP) is 2.35. The van der Waals surface area contributed by atoms with E-state index in [1.807, 2.05) is 30.3 Å². The molecule has 0 saturated heterocycles. The van der Waals surface area contributed by atoms with E-state index in [1.54, 1.807) is 0 Å². The summed E-state index contributed by atoms with van der Waals surface area (Å²) in [6.07, 6.45) is 3.86. The molecule has 0 bridgehead atoms. The number of allylic oxidation sites excluding steroid dienone is 2. The Morgan fingerprint density at radius 3 is 2.47 bits per heavy atom. The van der Waals surface area contributed by atoms with E-state index >= 15 is 0 Å². The molecule has 1 N–H and O–H groups in total. The number of carboxylic acids is 1. The van der Waals surface area contributed by atoms with E-state index in [1.165, 1.54) is 12.2 Å². The Labute approximate surface area is 114 Å². The molecule has 2 rings (SSSR count). The van der Waals surface area contributed by atoms with Crippen LogP contribution in [0.4, 0.5) is 0 Å². The van der Waals surface area contributed by atoms with Crippen molar-refractivity contribution < 1.29 is 14.8 Å². The summed E-state index contributed by atoms with van der Waals surface area (Å²) >= 11 is 5.92. The second-order valence-corrected chi connectivity index (χ2v) is 4.58. The lowest BCUT2D eigenvalue weighted by atomic mass is 9.87. The summed E-state index contributed by atoms with van der Waals surface area (Å²) in [5, 5.41) is 18.9. The standard InChI is InChI=1S/C13H10ClNO4/c14-11-8-10(9-4-2-1-3-5-9)6-7-13(11,12(16)17)15(18)19/h1-8,11H,(H,16,17). The second kappa shape index (κ2) is 4.85. The molecule has 0 radical (unpaired) electrons. The van der Waals surface area contributed by atoms with Crippen molar-refractivity contribution >= 4 is 23.1 Å². The smallest absolute Gasteiger partial charge is 0.388 e. The number of halogens is 1. The number of rotatable bonds is 3. The maximum Gasteiger partial charge on any atom is 0.388 e. The van der Waals surface area contributed by atoms with Crippen LogP contribution in [0.15, 0.2) is 48.6 Å². The van der Waals surface area contributed by atoms with E-state index in [0.29, 0.717) is 5.57 Å². The molecule has 0 heterocycles. The number of nitrogens with zero attached hydrogens (tertiary/aromatic N) is 1. The van der Waals surface area contributed by atoms with Crippen LogP contribution in [0.2, 0.25) is 0 Å². The molecule has 0 saturated carbocycles. The van der Waals surface area contributed by atoms with Gasteiger partial charge in [0.05, 0.1) is 0 Å². The summed E-state index contributed by atoms with van der Waals surface area (Å²) in [6.45, 7) is 0. The first-order valence-corrected chi connectivity index (χ1v) is 5.90. The van der Waals surface area contributed by atoms with E-state index in [-0.39, 0.29) is 0 Å². The minimum Gasteiger partial charge on any atom is -0.476 e. The second-order valence-electron chi connectivity index (χ2n) is 4.11. The van der Waals surface area contributed by atoms with Crippen LogP contribution in [0.3, 0.4) is 0 Å². The van der Waals surface area contributed by atoms with Crippen LogP contribution < -0.4 is 0 Å². The van der Waals surface area contributed by atoms with Crippen LogP contribution in [-0.2, 0) is 4.79 Å². The fourth-order valence-corrected chi connectivity index (χ4v) is 2.28. The highest BCUT2D eigenvalue weighted by Crippen LogP contribution is 2.32. The molecule has 6 heteroatoms. The number of carboxylic acid groups (broad SMARTS) is 1. The molecular weight excluding hydrogens is 270 g/mol. The van der Waals surface area contributed by atoms with Gasteiger partial charge in [-0.3, -0.25) is 10.1 Å². The molecule has 1 aliphatic rings. The monoisotopic (exact) mass is 279 g/mol. The normalized spacial score (nSPS) is 25.7. The van der Waals surface area contributed by atoms with E-state index in [9.17, 15) is 14.9 Å². The van der Waals surface area contributed by atoms with Gasteiger partial charge in [-0.15, -0.1) is 11.6 Å². The molecular formula is C13H10ClNO4. The van der Waals surface area contributed by atoms with E-state index in [4.69, 9.17) is 16.7 Å². The largest absolute Gasteiger partial charge is 0.476 e. The van der Waals surface area contributed by atoms with Crippen LogP contribution in [0.25, 0.3) is 5.57 Å². The first kappa shape index (κ1) is 13.3. The highest BCUT2D eigenvalue weighted by molar-refractivity contribution is 6.25. The highest BCUT2D eigenvalue weighted by Gasteiger charge is 2.56. The van der Waals surface area contributed by atoms with Gasteiger partial charge in [-0.2, -0.15) is 0 Å². The molecule has 2 atom stereocenters. The SMILES string of the molecule is O=C(O)C1([N+](=O)[O-])C=CC(c2ccccc2)=CC1Cl. The van der Waals surface area contributed by atoms with Gasteiger partial charge in [0.2, 0.25) is 0 Å². The Hall–Kier alpha value is -2.14. The van der Waals surface area contributed by atoms with E-state index < -0.39 is 21.8 Å². The van der Waals surface area contributed by atoms with Gasteiger partial charge in [0.25, 0.3) is 0 Å². The molecule has 0 amide bonds. The molecule has 1 aliphatic carbocycles. The lowest BCUT2D eigenvalue weighted by Crippen LogP contribution is -2.52. The molecule has 19 heavy (non-hydrogen) atoms. The van der Waals surface area contributed by atoms with Gasteiger partial charge in [-0.25, -0.2) is 4.79 Å². The minimum absolute atomic E-state index is 0.666. The fraction of sp³-hybridized carbons (Fsp3) is 0.154. The number of benzene rings is 1. The van der Waals surface area contributed by atoms with Gasteiger partial charge in [-0.1, -0.05) is 42.5 Å². The maximum absolute atomic E-state index is 11.2. The van der Waals surface area contributed by atoms with Crippen molar-refractivity contribution in [1.29, 1.82) is 0 Å². The first-order chi connectivity index (χ1) is 8.98. The van der Waals surface area contributed by atoms with Crippen molar-refractivity contribution in [3.8, 4) is 0 Å². The Morgan fingerprint density at radius 2 is 2.00 bits per heavy atom. The molecule has 2 unspecified atom stereocenters. The van der Waals surface area contributed by atoms with Crippen molar-refractivity contribution in [2.45, 2.75) is 10.9 Å². The quantitative estimate of drug-likeness (QED) is 0.523. The average Bonchev–Trinajstić information content (AvgIpc) is 2.39. The van der Waals surface area contributed by atoms with E-state index in [0.717, 1.165) is 11.6 Å². The topological polar surface area (TPSA) is 80.4 Å². The average molecular weight is 280 g/mol. The summed E-state index contributed by atoms with van der Waals surface area (Å²) in [4.78, 5) is 21.3. The van der Waals surface area contributed by atoms with Gasteiger partial charge in [0.1, 0.15) is 5.38 Å². The molecule has 0 fully saturated rings.